The summed E-state index contributed by atoms with van der Waals surface area (Å²) in [7, 11) is 1.89. The van der Waals surface area contributed by atoms with Crippen molar-refractivity contribution in [3.8, 4) is 5.75 Å². The van der Waals surface area contributed by atoms with Crippen molar-refractivity contribution < 1.29 is 4.74 Å². The lowest BCUT2D eigenvalue weighted by Gasteiger charge is -2.38. The predicted molar refractivity (Wildman–Crippen MR) is 97.4 cm³/mol. The Morgan fingerprint density at radius 1 is 1.25 bits per heavy atom. The molecule has 24 heavy (non-hydrogen) atoms. The molecule has 130 valence electrons. The number of rotatable bonds is 4. The lowest BCUT2D eigenvalue weighted by Crippen LogP contribution is -2.42. The molecule has 2 saturated carbocycles. The third-order valence-corrected chi connectivity index (χ3v) is 6.12. The van der Waals surface area contributed by atoms with Crippen molar-refractivity contribution in [3.63, 3.8) is 0 Å². The molecule has 2 aliphatic carbocycles. The van der Waals surface area contributed by atoms with Gasteiger partial charge in [-0.25, -0.2) is 0 Å². The Bertz CT molecular complexity index is 605. The van der Waals surface area contributed by atoms with Crippen molar-refractivity contribution in [1.29, 1.82) is 0 Å². The average Bonchev–Trinajstić information content (AvgIpc) is 2.98. The first kappa shape index (κ1) is 15.8. The maximum absolute atomic E-state index is 6.14. The maximum atomic E-state index is 6.14. The van der Waals surface area contributed by atoms with Crippen LogP contribution in [0.5, 0.6) is 5.75 Å². The van der Waals surface area contributed by atoms with Crippen LogP contribution in [0.3, 0.4) is 0 Å². The number of para-hydroxylation sites is 1. The molecule has 3 aliphatic rings. The van der Waals surface area contributed by atoms with Crippen LogP contribution >= 0.6 is 0 Å². The van der Waals surface area contributed by atoms with E-state index in [2.05, 4.69) is 39.5 Å². The number of aliphatic imine (C=N–C) groups is 1. The van der Waals surface area contributed by atoms with Gasteiger partial charge < -0.3 is 15.0 Å². The minimum absolute atomic E-state index is 0.419. The first-order chi connectivity index (χ1) is 11.8. The van der Waals surface area contributed by atoms with Crippen molar-refractivity contribution in [2.75, 3.05) is 20.1 Å². The highest BCUT2D eigenvalue weighted by Crippen LogP contribution is 2.47. The average molecular weight is 327 g/mol. The Morgan fingerprint density at radius 3 is 2.71 bits per heavy atom. The lowest BCUT2D eigenvalue weighted by molar-refractivity contribution is 0.119. The van der Waals surface area contributed by atoms with E-state index >= 15 is 0 Å². The molecule has 0 amide bonds. The van der Waals surface area contributed by atoms with Crippen LogP contribution in [0.4, 0.5) is 0 Å². The number of nitrogens with one attached hydrogen (secondary N) is 1. The summed E-state index contributed by atoms with van der Waals surface area (Å²) >= 11 is 0. The van der Waals surface area contributed by atoms with Crippen LogP contribution in [0.1, 0.15) is 50.5 Å². The summed E-state index contributed by atoms with van der Waals surface area (Å²) in [5.41, 5.74) is 1.83. The number of guanidine groups is 1. The Hall–Kier alpha value is -1.71. The zero-order valence-electron chi connectivity index (χ0n) is 14.8. The van der Waals surface area contributed by atoms with Crippen molar-refractivity contribution in [1.82, 2.24) is 10.2 Å². The molecular formula is C20H29N3O. The minimum Gasteiger partial charge on any atom is -0.490 e. The van der Waals surface area contributed by atoms with Gasteiger partial charge in [0.25, 0.3) is 0 Å². The quantitative estimate of drug-likeness (QED) is 0.678. The van der Waals surface area contributed by atoms with Crippen LogP contribution < -0.4 is 10.1 Å². The van der Waals surface area contributed by atoms with E-state index in [1.165, 1.54) is 57.1 Å². The van der Waals surface area contributed by atoms with E-state index in [-0.39, 0.29) is 0 Å². The van der Waals surface area contributed by atoms with Crippen LogP contribution in [-0.2, 0) is 6.54 Å². The molecule has 1 saturated heterocycles. The van der Waals surface area contributed by atoms with Crippen LogP contribution in [0, 0.1) is 5.41 Å². The third-order valence-electron chi connectivity index (χ3n) is 6.12. The predicted octanol–water partition coefficient (Wildman–Crippen LogP) is 3.57. The molecular weight excluding hydrogens is 298 g/mol. The fourth-order valence-electron chi connectivity index (χ4n) is 4.14. The molecule has 1 aliphatic heterocycles. The number of ether oxygens (including phenoxy) is 1. The van der Waals surface area contributed by atoms with Gasteiger partial charge in [-0.1, -0.05) is 24.6 Å². The van der Waals surface area contributed by atoms with Gasteiger partial charge >= 0.3 is 0 Å². The second kappa shape index (κ2) is 6.66. The maximum Gasteiger partial charge on any atom is 0.193 e. The van der Waals surface area contributed by atoms with Gasteiger partial charge in [0.1, 0.15) is 5.75 Å². The SMILES string of the molecule is CN=C(NCc1ccccc1OC1CCC1)N1CCC2(CCC2)C1. The summed E-state index contributed by atoms with van der Waals surface area (Å²) in [4.78, 5) is 6.96. The van der Waals surface area contributed by atoms with Crippen LogP contribution in [0.2, 0.25) is 0 Å². The Balaban J connectivity index is 1.37. The number of benzene rings is 1. The Kier molecular flexibility index (Phi) is 4.38. The smallest absolute Gasteiger partial charge is 0.193 e. The molecule has 3 fully saturated rings. The molecule has 4 nitrogen and oxygen atoms in total. The monoisotopic (exact) mass is 327 g/mol. The minimum atomic E-state index is 0.419. The molecule has 1 aromatic carbocycles. The first-order valence-electron chi connectivity index (χ1n) is 9.48. The van der Waals surface area contributed by atoms with Crippen molar-refractivity contribution >= 4 is 5.96 Å². The van der Waals surface area contributed by atoms with E-state index in [0.717, 1.165) is 24.8 Å². The Labute approximate surface area is 145 Å². The fraction of sp³-hybridized carbons (Fsp3) is 0.650. The molecule has 4 rings (SSSR count). The van der Waals surface area contributed by atoms with E-state index < -0.39 is 0 Å². The number of hydrogen-bond acceptors (Lipinski definition) is 2. The van der Waals surface area contributed by atoms with E-state index in [1.807, 2.05) is 7.05 Å². The third kappa shape index (κ3) is 3.11. The summed E-state index contributed by atoms with van der Waals surface area (Å²) < 4.78 is 6.14. The Morgan fingerprint density at radius 2 is 2.08 bits per heavy atom. The second-order valence-electron chi connectivity index (χ2n) is 7.70. The zero-order chi connectivity index (χ0) is 16.4. The molecule has 0 atom stereocenters. The highest BCUT2D eigenvalue weighted by molar-refractivity contribution is 5.80. The molecule has 0 unspecified atom stereocenters. The summed E-state index contributed by atoms with van der Waals surface area (Å²) in [5, 5.41) is 3.56. The van der Waals surface area contributed by atoms with Gasteiger partial charge in [0.05, 0.1) is 6.10 Å². The molecule has 1 aromatic rings. The van der Waals surface area contributed by atoms with Crippen LogP contribution in [-0.4, -0.2) is 37.1 Å². The van der Waals surface area contributed by atoms with Gasteiger partial charge in [-0.3, -0.25) is 4.99 Å². The van der Waals surface area contributed by atoms with Gasteiger partial charge in [-0.05, 0) is 50.0 Å². The van der Waals surface area contributed by atoms with Gasteiger partial charge in [0.15, 0.2) is 5.96 Å². The van der Waals surface area contributed by atoms with E-state index in [4.69, 9.17) is 4.74 Å². The topological polar surface area (TPSA) is 36.9 Å². The van der Waals surface area contributed by atoms with Gasteiger partial charge in [0.2, 0.25) is 0 Å². The number of hydrogen-bond donors (Lipinski definition) is 1. The highest BCUT2D eigenvalue weighted by atomic mass is 16.5. The highest BCUT2D eigenvalue weighted by Gasteiger charge is 2.43. The molecule has 0 radical (unpaired) electrons. The summed E-state index contributed by atoms with van der Waals surface area (Å²) in [6.45, 7) is 3.09. The van der Waals surface area contributed by atoms with Gasteiger partial charge in [-0.15, -0.1) is 0 Å². The summed E-state index contributed by atoms with van der Waals surface area (Å²) in [5.74, 6) is 2.07. The van der Waals surface area contributed by atoms with Crippen LogP contribution in [0.25, 0.3) is 0 Å². The van der Waals surface area contributed by atoms with Crippen molar-refractivity contribution in [3.05, 3.63) is 29.8 Å². The van der Waals surface area contributed by atoms with Crippen molar-refractivity contribution in [2.24, 2.45) is 10.4 Å². The van der Waals surface area contributed by atoms with Gasteiger partial charge in [0, 0.05) is 32.2 Å². The zero-order valence-corrected chi connectivity index (χ0v) is 14.8. The standard InChI is InChI=1S/C20H29N3O/c1-21-19(23-13-12-20(15-23)10-5-11-20)22-14-16-6-2-3-9-18(16)24-17-7-4-8-17/h2-3,6,9,17H,4-5,7-8,10-15H2,1H3,(H,21,22). The number of nitrogens with zero attached hydrogens (tertiary/aromatic N) is 2. The largest absolute Gasteiger partial charge is 0.490 e. The van der Waals surface area contributed by atoms with Crippen molar-refractivity contribution in [2.45, 2.75) is 57.6 Å². The van der Waals surface area contributed by atoms with Crippen LogP contribution in [0.15, 0.2) is 29.3 Å². The fourth-order valence-corrected chi connectivity index (χ4v) is 4.14. The summed E-state index contributed by atoms with van der Waals surface area (Å²) in [6, 6.07) is 8.41. The molecule has 1 spiro atoms. The van der Waals surface area contributed by atoms with E-state index in [9.17, 15) is 0 Å². The lowest BCUT2D eigenvalue weighted by atomic mass is 9.68. The normalized spacial score (nSPS) is 23.0. The summed E-state index contributed by atoms with van der Waals surface area (Å²) in [6.07, 6.45) is 9.65. The first-order valence-corrected chi connectivity index (χ1v) is 9.48. The second-order valence-corrected chi connectivity index (χ2v) is 7.70. The molecule has 1 N–H and O–H groups in total. The van der Waals surface area contributed by atoms with E-state index in [0.29, 0.717) is 11.5 Å². The van der Waals surface area contributed by atoms with Gasteiger partial charge in [-0.2, -0.15) is 0 Å². The molecule has 0 aromatic heterocycles. The van der Waals surface area contributed by atoms with E-state index in [1.54, 1.807) is 0 Å². The molecule has 4 heteroatoms. The molecule has 0 bridgehead atoms. The molecule has 1 heterocycles. The number of likely N-dealkylation sites (tertiary alicyclic amines) is 1.